The minimum Gasteiger partial charge on any atom is -0.480 e. The topological polar surface area (TPSA) is 83.5 Å². The summed E-state index contributed by atoms with van der Waals surface area (Å²) in [6.07, 6.45) is -0.979. The number of carboxylic acid groups (broad SMARTS) is 1. The van der Waals surface area contributed by atoms with Gasteiger partial charge in [-0.25, -0.2) is 0 Å². The predicted octanol–water partition coefficient (Wildman–Crippen LogP) is -1.22. The maximum absolute atomic E-state index is 9.86. The van der Waals surface area contributed by atoms with Crippen molar-refractivity contribution in [3.05, 3.63) is 0 Å². The molecule has 0 unspecified atom stereocenters. The quantitative estimate of drug-likeness (QED) is 0.486. The van der Waals surface area contributed by atoms with E-state index in [1.165, 1.54) is 6.92 Å². The number of aliphatic hydroxyl groups is 1. The van der Waals surface area contributed by atoms with Gasteiger partial charge in [-0.2, -0.15) is 0 Å². The van der Waals surface area contributed by atoms with E-state index in [0.717, 1.165) is 0 Å². The van der Waals surface area contributed by atoms with Crippen molar-refractivity contribution >= 4 is 5.97 Å². The molecule has 4 nitrogen and oxygen atoms in total. The first kappa shape index (κ1) is 11.7. The van der Waals surface area contributed by atoms with Crippen molar-refractivity contribution in [2.24, 2.45) is 5.73 Å². The van der Waals surface area contributed by atoms with Crippen LogP contribution in [0.1, 0.15) is 6.92 Å². The summed E-state index contributed by atoms with van der Waals surface area (Å²) in [7, 11) is 0. The summed E-state index contributed by atoms with van der Waals surface area (Å²) in [5, 5.41) is 16.6. The zero-order chi connectivity index (χ0) is 6.73. The van der Waals surface area contributed by atoms with Gasteiger partial charge in [0.05, 0.1) is 6.10 Å². The minimum atomic E-state index is -1.18. The van der Waals surface area contributed by atoms with Crippen LogP contribution in [0.4, 0.5) is 0 Å². The van der Waals surface area contributed by atoms with Crippen LogP contribution in [0.2, 0.25) is 0 Å². The molecule has 0 aromatic rings. The van der Waals surface area contributed by atoms with E-state index in [1.807, 2.05) is 0 Å². The molecule has 0 saturated heterocycles. The van der Waals surface area contributed by atoms with Crippen LogP contribution in [0.25, 0.3) is 0 Å². The summed E-state index contributed by atoms with van der Waals surface area (Å²) in [5.41, 5.74) is 4.91. The molecule has 0 aromatic heterocycles. The van der Waals surface area contributed by atoms with E-state index >= 15 is 0 Å². The Morgan fingerprint density at radius 2 is 2.00 bits per heavy atom. The summed E-state index contributed by atoms with van der Waals surface area (Å²) >= 11 is 0. The zero-order valence-electron chi connectivity index (χ0n) is 4.94. The molecule has 0 spiro atoms. The Bertz CT molecular complexity index is 95.8. The zero-order valence-corrected chi connectivity index (χ0v) is 6.22. The Morgan fingerprint density at radius 3 is 2.00 bits per heavy atom. The Morgan fingerprint density at radius 1 is 1.67 bits per heavy atom. The van der Waals surface area contributed by atoms with Gasteiger partial charge in [0.1, 0.15) is 6.04 Å². The van der Waals surface area contributed by atoms with E-state index in [9.17, 15) is 4.79 Å². The fraction of sp³-hybridized carbons (Fsp3) is 0.750. The molecule has 0 radical (unpaired) electrons. The van der Waals surface area contributed by atoms with E-state index in [1.54, 1.807) is 0 Å². The Balaban J connectivity index is 0. The minimum absolute atomic E-state index is 0. The molecule has 5 heteroatoms. The largest absolute Gasteiger partial charge is 0.480 e. The van der Waals surface area contributed by atoms with Gasteiger partial charge in [-0.15, -0.1) is 0 Å². The molecule has 9 heavy (non-hydrogen) atoms. The maximum Gasteiger partial charge on any atom is 0.323 e. The first-order chi connectivity index (χ1) is 3.55. The predicted molar refractivity (Wildman–Crippen MR) is 27.3 cm³/mol. The van der Waals surface area contributed by atoms with E-state index in [2.05, 4.69) is 0 Å². The molecule has 0 amide bonds. The Hall–Kier alpha value is -0.0775. The van der Waals surface area contributed by atoms with Crippen LogP contribution in [-0.4, -0.2) is 28.3 Å². The molecule has 0 aliphatic carbocycles. The van der Waals surface area contributed by atoms with Gasteiger partial charge in [0.25, 0.3) is 0 Å². The molecular weight excluding hydrogens is 162 g/mol. The normalized spacial score (nSPS) is 15.4. The molecule has 0 aliphatic rings. The maximum atomic E-state index is 9.86. The van der Waals surface area contributed by atoms with Crippen molar-refractivity contribution in [3.63, 3.8) is 0 Å². The first-order valence-electron chi connectivity index (χ1n) is 2.22. The number of nitrogens with two attached hydrogens (primary N) is 1. The van der Waals surface area contributed by atoms with Crippen molar-refractivity contribution in [1.29, 1.82) is 0 Å². The summed E-state index contributed by atoms with van der Waals surface area (Å²) in [5.74, 6) is -1.18. The van der Waals surface area contributed by atoms with E-state index in [-0.39, 0.29) is 17.4 Å². The molecule has 0 saturated carbocycles. The molecule has 0 bridgehead atoms. The van der Waals surface area contributed by atoms with Gasteiger partial charge >= 0.3 is 5.97 Å². The molecule has 0 heterocycles. The van der Waals surface area contributed by atoms with Gasteiger partial charge in [0.15, 0.2) is 0 Å². The Labute approximate surface area is 63.8 Å². The number of rotatable bonds is 2. The second kappa shape index (κ2) is 4.77. The monoisotopic (exact) mass is 171 g/mol. The first-order valence-corrected chi connectivity index (χ1v) is 2.22. The molecule has 0 aliphatic heterocycles. The number of hydrogen-bond donors (Lipinski definition) is 3. The number of aliphatic carboxylic acids is 1. The van der Waals surface area contributed by atoms with Crippen molar-refractivity contribution in [2.75, 3.05) is 0 Å². The third kappa shape index (κ3) is 4.43. The molecule has 0 fully saturated rings. The van der Waals surface area contributed by atoms with Gasteiger partial charge in [0.2, 0.25) is 0 Å². The molecule has 4 N–H and O–H groups in total. The fourth-order valence-corrected chi connectivity index (χ4v) is 0.206. The van der Waals surface area contributed by atoms with Crippen molar-refractivity contribution in [2.45, 2.75) is 19.1 Å². The van der Waals surface area contributed by atoms with E-state index in [0.29, 0.717) is 0 Å². The smallest absolute Gasteiger partial charge is 0.323 e. The van der Waals surface area contributed by atoms with E-state index in [4.69, 9.17) is 15.9 Å². The average Bonchev–Trinajstić information content (AvgIpc) is 1.64. The third-order valence-electron chi connectivity index (χ3n) is 0.805. The second-order valence-corrected chi connectivity index (χ2v) is 1.60. The average molecular weight is 171 g/mol. The summed E-state index contributed by atoms with van der Waals surface area (Å²) < 4.78 is 0. The molecular formula is C4H9CrNO3. The van der Waals surface area contributed by atoms with Crippen LogP contribution in [0, 0.1) is 0 Å². The van der Waals surface area contributed by atoms with Gasteiger partial charge in [-0.1, -0.05) is 0 Å². The third-order valence-corrected chi connectivity index (χ3v) is 0.805. The van der Waals surface area contributed by atoms with Gasteiger partial charge < -0.3 is 15.9 Å². The van der Waals surface area contributed by atoms with Crippen LogP contribution < -0.4 is 5.73 Å². The number of hydrogen-bond acceptors (Lipinski definition) is 3. The number of carboxylic acids is 1. The van der Waals surface area contributed by atoms with Crippen LogP contribution in [0.3, 0.4) is 0 Å². The van der Waals surface area contributed by atoms with Crippen molar-refractivity contribution in [3.8, 4) is 0 Å². The molecule has 2 atom stereocenters. The Kier molecular flexibility index (Phi) is 6.19. The van der Waals surface area contributed by atoms with Crippen molar-refractivity contribution < 1.29 is 32.4 Å². The van der Waals surface area contributed by atoms with Crippen LogP contribution in [0.5, 0.6) is 0 Å². The summed E-state index contributed by atoms with van der Waals surface area (Å²) in [4.78, 5) is 9.86. The summed E-state index contributed by atoms with van der Waals surface area (Å²) in [6, 6.07) is -1.16. The summed E-state index contributed by atoms with van der Waals surface area (Å²) in [6.45, 7) is 1.33. The van der Waals surface area contributed by atoms with Crippen molar-refractivity contribution in [1.82, 2.24) is 0 Å². The van der Waals surface area contributed by atoms with Gasteiger partial charge in [0, 0.05) is 17.4 Å². The molecule has 0 aromatic carbocycles. The van der Waals surface area contributed by atoms with Crippen LogP contribution >= 0.6 is 0 Å². The fourth-order valence-electron chi connectivity index (χ4n) is 0.206. The standard InChI is InChI=1S/C4H9NO3.Cr/c1-2(6)3(5)4(7)8;/h2-3,6H,5H2,1H3,(H,7,8);/t2-,3+;/m1./s1. The second-order valence-electron chi connectivity index (χ2n) is 1.60. The number of aliphatic hydroxyl groups excluding tert-OH is 1. The van der Waals surface area contributed by atoms with Crippen LogP contribution in [0.15, 0.2) is 0 Å². The SMILES string of the molecule is C[C@@H](O)[C@H](N)C(=O)O.[Cr]. The van der Waals surface area contributed by atoms with E-state index < -0.39 is 18.1 Å². The molecule has 54 valence electrons. The van der Waals surface area contributed by atoms with Crippen LogP contribution in [-0.2, 0) is 22.2 Å². The molecule has 0 rings (SSSR count). The number of carbonyl (C=O) groups is 1. The van der Waals surface area contributed by atoms with Gasteiger partial charge in [-0.05, 0) is 6.92 Å². The van der Waals surface area contributed by atoms with Gasteiger partial charge in [-0.3, -0.25) is 4.79 Å².